The van der Waals surface area contributed by atoms with Gasteiger partial charge in [-0.25, -0.2) is 8.78 Å². The van der Waals surface area contributed by atoms with E-state index < -0.39 is 17.5 Å². The maximum Gasteiger partial charge on any atom is 0.254 e. The quantitative estimate of drug-likeness (QED) is 0.868. The van der Waals surface area contributed by atoms with Gasteiger partial charge in [-0.3, -0.25) is 9.59 Å². The molecule has 0 aliphatic carbocycles. The predicted octanol–water partition coefficient (Wildman–Crippen LogP) is 3.11. The van der Waals surface area contributed by atoms with Crippen molar-refractivity contribution in [3.63, 3.8) is 0 Å². The lowest BCUT2D eigenvalue weighted by molar-refractivity contribution is -0.130. The van der Waals surface area contributed by atoms with Gasteiger partial charge < -0.3 is 10.2 Å². The van der Waals surface area contributed by atoms with Crippen LogP contribution in [0.3, 0.4) is 0 Å². The Morgan fingerprint density at radius 1 is 1.25 bits per heavy atom. The van der Waals surface area contributed by atoms with E-state index >= 15 is 0 Å². The van der Waals surface area contributed by atoms with E-state index in [0.717, 1.165) is 22.6 Å². The lowest BCUT2D eigenvalue weighted by Crippen LogP contribution is -2.32. The molecule has 24 heavy (non-hydrogen) atoms. The molecule has 0 aliphatic rings. The van der Waals surface area contributed by atoms with Crippen LogP contribution in [0.5, 0.6) is 0 Å². The Morgan fingerprint density at radius 3 is 2.62 bits per heavy atom. The molecule has 2 rings (SSSR count). The lowest BCUT2D eigenvalue weighted by Gasteiger charge is -2.17. The normalized spacial score (nSPS) is 10.5. The summed E-state index contributed by atoms with van der Waals surface area (Å²) in [5.41, 5.74) is 0.895. The molecule has 0 saturated carbocycles. The van der Waals surface area contributed by atoms with Gasteiger partial charge in [-0.1, -0.05) is 0 Å². The summed E-state index contributed by atoms with van der Waals surface area (Å²) in [7, 11) is 1.70. The van der Waals surface area contributed by atoms with Crippen molar-refractivity contribution in [1.29, 1.82) is 0 Å². The third-order valence-corrected chi connectivity index (χ3v) is 4.58. The van der Waals surface area contributed by atoms with Gasteiger partial charge in [0.15, 0.2) is 0 Å². The molecule has 0 atom stereocenters. The molecule has 1 aromatic carbocycles. The van der Waals surface area contributed by atoms with Crippen molar-refractivity contribution in [2.75, 3.05) is 13.6 Å². The van der Waals surface area contributed by atoms with E-state index in [0.29, 0.717) is 12.6 Å². The average molecular weight is 352 g/mol. The van der Waals surface area contributed by atoms with Crippen LogP contribution in [-0.2, 0) is 11.3 Å². The van der Waals surface area contributed by atoms with E-state index in [1.165, 1.54) is 0 Å². The molecule has 0 spiro atoms. The van der Waals surface area contributed by atoms with Crippen molar-refractivity contribution >= 4 is 23.2 Å². The third kappa shape index (κ3) is 4.61. The Kier molecular flexibility index (Phi) is 6.03. The van der Waals surface area contributed by atoms with Gasteiger partial charge in [0, 0.05) is 31.0 Å². The minimum absolute atomic E-state index is 0.0856. The molecule has 128 valence electrons. The van der Waals surface area contributed by atoms with Gasteiger partial charge in [-0.05, 0) is 36.1 Å². The molecule has 2 aromatic rings. The van der Waals surface area contributed by atoms with Crippen molar-refractivity contribution < 1.29 is 18.4 Å². The topological polar surface area (TPSA) is 49.4 Å². The SMILES string of the molecule is Cc1ccsc1CN(C)C(=O)CCNC(=O)c1ccc(F)cc1F. The first-order valence-electron chi connectivity index (χ1n) is 7.38. The predicted molar refractivity (Wildman–Crippen MR) is 88.8 cm³/mol. The van der Waals surface area contributed by atoms with Crippen molar-refractivity contribution in [2.24, 2.45) is 0 Å². The summed E-state index contributed by atoms with van der Waals surface area (Å²) in [4.78, 5) is 26.6. The van der Waals surface area contributed by atoms with E-state index in [1.807, 2.05) is 18.4 Å². The van der Waals surface area contributed by atoms with Crippen molar-refractivity contribution in [3.8, 4) is 0 Å². The monoisotopic (exact) mass is 352 g/mol. The molecule has 0 fully saturated rings. The number of rotatable bonds is 6. The van der Waals surface area contributed by atoms with Crippen LogP contribution in [-0.4, -0.2) is 30.3 Å². The molecule has 0 aliphatic heterocycles. The van der Waals surface area contributed by atoms with E-state index in [1.54, 1.807) is 23.3 Å². The van der Waals surface area contributed by atoms with Gasteiger partial charge in [0.2, 0.25) is 5.91 Å². The van der Waals surface area contributed by atoms with Crippen LogP contribution < -0.4 is 5.32 Å². The second-order valence-electron chi connectivity index (χ2n) is 5.41. The van der Waals surface area contributed by atoms with E-state index in [-0.39, 0.29) is 24.4 Å². The summed E-state index contributed by atoms with van der Waals surface area (Å²) in [5, 5.41) is 4.44. The van der Waals surface area contributed by atoms with Crippen LogP contribution in [0.4, 0.5) is 8.78 Å². The summed E-state index contributed by atoms with van der Waals surface area (Å²) in [6, 6.07) is 4.74. The molecule has 1 N–H and O–H groups in total. The van der Waals surface area contributed by atoms with Crippen LogP contribution in [0.2, 0.25) is 0 Å². The smallest absolute Gasteiger partial charge is 0.254 e. The minimum atomic E-state index is -0.927. The molecule has 0 radical (unpaired) electrons. The number of hydrogen-bond acceptors (Lipinski definition) is 3. The molecule has 7 heteroatoms. The van der Waals surface area contributed by atoms with Crippen LogP contribution in [0, 0.1) is 18.6 Å². The molecule has 0 unspecified atom stereocenters. The van der Waals surface area contributed by atoms with Crippen molar-refractivity contribution in [3.05, 3.63) is 57.3 Å². The van der Waals surface area contributed by atoms with Gasteiger partial charge in [0.25, 0.3) is 5.91 Å². The van der Waals surface area contributed by atoms with Crippen LogP contribution >= 0.6 is 11.3 Å². The number of nitrogens with zero attached hydrogens (tertiary/aromatic N) is 1. The Balaban J connectivity index is 1.81. The Morgan fingerprint density at radius 2 is 2.00 bits per heavy atom. The summed E-state index contributed by atoms with van der Waals surface area (Å²) in [6.45, 7) is 2.59. The van der Waals surface area contributed by atoms with E-state index in [9.17, 15) is 18.4 Å². The van der Waals surface area contributed by atoms with Crippen LogP contribution in [0.1, 0.15) is 27.2 Å². The van der Waals surface area contributed by atoms with E-state index in [2.05, 4.69) is 5.32 Å². The number of amides is 2. The van der Waals surface area contributed by atoms with Gasteiger partial charge in [0.1, 0.15) is 11.6 Å². The third-order valence-electron chi connectivity index (χ3n) is 3.57. The first-order chi connectivity index (χ1) is 11.4. The highest BCUT2D eigenvalue weighted by Crippen LogP contribution is 2.17. The summed E-state index contributed by atoms with van der Waals surface area (Å²) in [6.07, 6.45) is 0.107. The molecule has 0 saturated heterocycles. The number of carbonyl (C=O) groups is 2. The fourth-order valence-corrected chi connectivity index (χ4v) is 3.07. The Hall–Kier alpha value is -2.28. The molecular formula is C17H18F2N2O2S. The van der Waals surface area contributed by atoms with Gasteiger partial charge in [0.05, 0.1) is 12.1 Å². The fraction of sp³-hybridized carbons (Fsp3) is 0.294. The molecule has 0 bridgehead atoms. The number of nitrogens with one attached hydrogen (secondary N) is 1. The lowest BCUT2D eigenvalue weighted by atomic mass is 10.2. The maximum atomic E-state index is 13.5. The second kappa shape index (κ2) is 8.01. The number of halogens is 2. The number of benzene rings is 1. The van der Waals surface area contributed by atoms with Crippen molar-refractivity contribution in [2.45, 2.75) is 19.9 Å². The second-order valence-corrected chi connectivity index (χ2v) is 6.41. The maximum absolute atomic E-state index is 13.5. The highest BCUT2D eigenvalue weighted by atomic mass is 32.1. The number of aryl methyl sites for hydroxylation is 1. The summed E-state index contributed by atoms with van der Waals surface area (Å²) >= 11 is 1.59. The zero-order valence-electron chi connectivity index (χ0n) is 13.4. The largest absolute Gasteiger partial charge is 0.351 e. The average Bonchev–Trinajstić information content (AvgIpc) is 2.92. The fourth-order valence-electron chi connectivity index (χ4n) is 2.11. The summed E-state index contributed by atoms with van der Waals surface area (Å²) in [5.74, 6) is -2.46. The van der Waals surface area contributed by atoms with Gasteiger partial charge in [-0.2, -0.15) is 0 Å². The Bertz CT molecular complexity index is 746. The molecule has 2 amide bonds. The number of carbonyl (C=O) groups excluding carboxylic acids is 2. The molecule has 1 aromatic heterocycles. The minimum Gasteiger partial charge on any atom is -0.351 e. The highest BCUT2D eigenvalue weighted by molar-refractivity contribution is 7.10. The molecule has 1 heterocycles. The van der Waals surface area contributed by atoms with Gasteiger partial charge in [-0.15, -0.1) is 11.3 Å². The number of hydrogen-bond donors (Lipinski definition) is 1. The zero-order chi connectivity index (χ0) is 17.7. The van der Waals surface area contributed by atoms with Crippen LogP contribution in [0.25, 0.3) is 0 Å². The molecular weight excluding hydrogens is 334 g/mol. The number of thiophene rings is 1. The zero-order valence-corrected chi connectivity index (χ0v) is 14.3. The van der Waals surface area contributed by atoms with Crippen molar-refractivity contribution in [1.82, 2.24) is 10.2 Å². The first kappa shape index (κ1) is 18.1. The molecule has 4 nitrogen and oxygen atoms in total. The summed E-state index contributed by atoms with van der Waals surface area (Å²) < 4.78 is 26.3. The Labute approximate surface area is 143 Å². The van der Waals surface area contributed by atoms with Crippen LogP contribution in [0.15, 0.2) is 29.6 Å². The van der Waals surface area contributed by atoms with Gasteiger partial charge >= 0.3 is 0 Å². The highest BCUT2D eigenvalue weighted by Gasteiger charge is 2.14. The first-order valence-corrected chi connectivity index (χ1v) is 8.26. The van der Waals surface area contributed by atoms with E-state index in [4.69, 9.17) is 0 Å². The standard InChI is InChI=1S/C17H18F2N2O2S/c1-11-6-8-24-15(11)10-21(2)16(22)5-7-20-17(23)13-4-3-12(18)9-14(13)19/h3-4,6,8-9H,5,7,10H2,1-2H3,(H,20,23).